The lowest BCUT2D eigenvalue weighted by Crippen LogP contribution is -2.35. The number of nitrogens with zero attached hydrogens (tertiary/aromatic N) is 1. The van der Waals surface area contributed by atoms with Crippen LogP contribution in [0.25, 0.3) is 0 Å². The van der Waals surface area contributed by atoms with E-state index in [0.717, 1.165) is 18.4 Å². The molecule has 0 aliphatic carbocycles. The van der Waals surface area contributed by atoms with Gasteiger partial charge in [0.05, 0.1) is 7.11 Å². The number of carboxylic acids is 1. The van der Waals surface area contributed by atoms with Gasteiger partial charge in [0.25, 0.3) is 0 Å². The largest absolute Gasteiger partial charge is 0.481 e. The number of aliphatic carboxylic acids is 1. The summed E-state index contributed by atoms with van der Waals surface area (Å²) >= 11 is 0. The monoisotopic (exact) mass is 295 g/mol. The highest BCUT2D eigenvalue weighted by molar-refractivity contribution is 5.73. The van der Waals surface area contributed by atoms with Crippen LogP contribution in [0.15, 0.2) is 18.3 Å². The van der Waals surface area contributed by atoms with Gasteiger partial charge < -0.3 is 20.5 Å². The maximum Gasteiger partial charge on any atom is 0.315 e. The Morgan fingerprint density at radius 3 is 2.67 bits per heavy atom. The van der Waals surface area contributed by atoms with E-state index >= 15 is 0 Å². The Balaban J connectivity index is 2.09. The number of carboxylic acid groups (broad SMARTS) is 1. The molecule has 1 aromatic rings. The molecule has 1 rings (SSSR count). The molecule has 0 radical (unpaired) electrons. The van der Waals surface area contributed by atoms with Gasteiger partial charge in [-0.1, -0.05) is 12.5 Å². The van der Waals surface area contributed by atoms with E-state index in [1.165, 1.54) is 0 Å². The molecule has 0 saturated heterocycles. The molecule has 7 heteroatoms. The van der Waals surface area contributed by atoms with E-state index in [1.54, 1.807) is 19.4 Å². The molecule has 0 aliphatic rings. The lowest BCUT2D eigenvalue weighted by molar-refractivity contribution is -0.137. The van der Waals surface area contributed by atoms with Crippen LogP contribution in [-0.2, 0) is 11.3 Å². The fraction of sp³-hybridized carbons (Fsp3) is 0.500. The van der Waals surface area contributed by atoms with E-state index in [-0.39, 0.29) is 12.5 Å². The van der Waals surface area contributed by atoms with Gasteiger partial charge in [-0.2, -0.15) is 0 Å². The number of pyridine rings is 1. The highest BCUT2D eigenvalue weighted by atomic mass is 16.5. The van der Waals surface area contributed by atoms with E-state index in [1.807, 2.05) is 6.07 Å². The number of amides is 2. The smallest absolute Gasteiger partial charge is 0.315 e. The van der Waals surface area contributed by atoms with Crippen molar-refractivity contribution >= 4 is 12.0 Å². The second-order valence-corrected chi connectivity index (χ2v) is 4.52. The predicted octanol–water partition coefficient (Wildman–Crippen LogP) is 1.53. The van der Waals surface area contributed by atoms with Gasteiger partial charge in [0, 0.05) is 31.8 Å². The topological polar surface area (TPSA) is 101 Å². The maximum absolute atomic E-state index is 11.5. The minimum atomic E-state index is -0.784. The highest BCUT2D eigenvalue weighted by Gasteiger charge is 2.01. The van der Waals surface area contributed by atoms with E-state index in [9.17, 15) is 9.59 Å². The van der Waals surface area contributed by atoms with Gasteiger partial charge in [-0.15, -0.1) is 0 Å². The van der Waals surface area contributed by atoms with Crippen LogP contribution in [0.4, 0.5) is 4.79 Å². The lowest BCUT2D eigenvalue weighted by atomic mass is 10.2. The minimum Gasteiger partial charge on any atom is -0.481 e. The number of ether oxygens (including phenoxy) is 1. The number of urea groups is 1. The summed E-state index contributed by atoms with van der Waals surface area (Å²) in [5.74, 6) is -0.252. The number of carbonyl (C=O) groups is 2. The molecule has 2 amide bonds. The van der Waals surface area contributed by atoms with Gasteiger partial charge in [-0.25, -0.2) is 9.78 Å². The Bertz CT molecular complexity index is 448. The van der Waals surface area contributed by atoms with Crippen molar-refractivity contribution in [1.82, 2.24) is 15.6 Å². The van der Waals surface area contributed by atoms with Crippen LogP contribution in [-0.4, -0.2) is 35.7 Å². The zero-order chi connectivity index (χ0) is 15.5. The molecule has 21 heavy (non-hydrogen) atoms. The van der Waals surface area contributed by atoms with Crippen molar-refractivity contribution in [3.05, 3.63) is 23.9 Å². The second-order valence-electron chi connectivity index (χ2n) is 4.52. The van der Waals surface area contributed by atoms with Gasteiger partial charge in [0.1, 0.15) is 0 Å². The van der Waals surface area contributed by atoms with E-state index < -0.39 is 5.97 Å². The third-order valence-corrected chi connectivity index (χ3v) is 2.81. The first-order valence-corrected chi connectivity index (χ1v) is 6.84. The summed E-state index contributed by atoms with van der Waals surface area (Å²) < 4.78 is 4.95. The van der Waals surface area contributed by atoms with E-state index in [4.69, 9.17) is 9.84 Å². The number of carbonyl (C=O) groups excluding carboxylic acids is 1. The van der Waals surface area contributed by atoms with Crippen molar-refractivity contribution in [1.29, 1.82) is 0 Å². The summed E-state index contributed by atoms with van der Waals surface area (Å²) in [5, 5.41) is 13.9. The van der Waals surface area contributed by atoms with Crippen molar-refractivity contribution in [2.75, 3.05) is 13.7 Å². The zero-order valence-electron chi connectivity index (χ0n) is 12.1. The number of methoxy groups -OCH3 is 1. The van der Waals surface area contributed by atoms with Crippen LogP contribution in [0.5, 0.6) is 5.88 Å². The summed E-state index contributed by atoms with van der Waals surface area (Å²) in [4.78, 5) is 25.9. The van der Waals surface area contributed by atoms with Crippen LogP contribution < -0.4 is 15.4 Å². The average molecular weight is 295 g/mol. The molecule has 0 fully saturated rings. The number of rotatable bonds is 9. The molecule has 116 valence electrons. The molecular weight excluding hydrogens is 274 g/mol. The molecule has 0 saturated carbocycles. The molecule has 3 N–H and O–H groups in total. The number of unbranched alkanes of at least 4 members (excludes halogenated alkanes) is 2. The van der Waals surface area contributed by atoms with Crippen molar-refractivity contribution in [3.8, 4) is 5.88 Å². The van der Waals surface area contributed by atoms with Crippen LogP contribution in [0.3, 0.4) is 0 Å². The molecule has 7 nitrogen and oxygen atoms in total. The summed E-state index contributed by atoms with van der Waals surface area (Å²) in [6.45, 7) is 0.925. The van der Waals surface area contributed by atoms with Crippen LogP contribution in [0.2, 0.25) is 0 Å². The van der Waals surface area contributed by atoms with Crippen molar-refractivity contribution in [2.24, 2.45) is 0 Å². The molecular formula is C14H21N3O4. The first kappa shape index (κ1) is 16.7. The standard InChI is InChI=1S/C14H21N3O4/c1-21-12-7-6-11(9-16-12)10-17-14(20)15-8-4-2-3-5-13(18)19/h6-7,9H,2-5,8,10H2,1H3,(H,18,19)(H2,15,17,20). The van der Waals surface area contributed by atoms with E-state index in [0.29, 0.717) is 25.4 Å². The normalized spacial score (nSPS) is 9.95. The van der Waals surface area contributed by atoms with Gasteiger partial charge in [0.2, 0.25) is 5.88 Å². The average Bonchev–Trinajstić information content (AvgIpc) is 2.49. The Hall–Kier alpha value is -2.31. The Morgan fingerprint density at radius 2 is 2.05 bits per heavy atom. The fourth-order valence-electron chi connectivity index (χ4n) is 1.66. The summed E-state index contributed by atoms with van der Waals surface area (Å²) in [6, 6.07) is 3.32. The number of hydrogen-bond acceptors (Lipinski definition) is 4. The molecule has 1 aromatic heterocycles. The Labute approximate surface area is 123 Å². The van der Waals surface area contributed by atoms with Crippen molar-refractivity contribution < 1.29 is 19.4 Å². The Morgan fingerprint density at radius 1 is 1.24 bits per heavy atom. The SMILES string of the molecule is COc1ccc(CNC(=O)NCCCCCC(=O)O)cn1. The molecule has 0 unspecified atom stereocenters. The molecule has 0 aliphatic heterocycles. The lowest BCUT2D eigenvalue weighted by Gasteiger charge is -2.07. The van der Waals surface area contributed by atoms with Gasteiger partial charge >= 0.3 is 12.0 Å². The predicted molar refractivity (Wildman–Crippen MR) is 77.1 cm³/mol. The first-order chi connectivity index (χ1) is 10.1. The van der Waals surface area contributed by atoms with Crippen LogP contribution >= 0.6 is 0 Å². The highest BCUT2D eigenvalue weighted by Crippen LogP contribution is 2.06. The summed E-state index contributed by atoms with van der Waals surface area (Å²) in [5.41, 5.74) is 0.882. The van der Waals surface area contributed by atoms with Crippen LogP contribution in [0, 0.1) is 0 Å². The quantitative estimate of drug-likeness (QED) is 0.600. The molecule has 0 spiro atoms. The van der Waals surface area contributed by atoms with Crippen molar-refractivity contribution in [2.45, 2.75) is 32.2 Å². The minimum absolute atomic E-state index is 0.177. The second kappa shape index (κ2) is 9.57. The number of aromatic nitrogens is 1. The third kappa shape index (κ3) is 7.76. The fourth-order valence-corrected chi connectivity index (χ4v) is 1.66. The summed E-state index contributed by atoms with van der Waals surface area (Å²) in [6.07, 6.45) is 4.01. The van der Waals surface area contributed by atoms with Gasteiger partial charge in [0.15, 0.2) is 0 Å². The zero-order valence-corrected chi connectivity index (χ0v) is 12.1. The van der Waals surface area contributed by atoms with Gasteiger partial charge in [-0.05, 0) is 18.4 Å². The number of hydrogen-bond donors (Lipinski definition) is 3. The third-order valence-electron chi connectivity index (χ3n) is 2.81. The molecule has 0 bridgehead atoms. The number of nitrogens with one attached hydrogen (secondary N) is 2. The van der Waals surface area contributed by atoms with Crippen molar-refractivity contribution in [3.63, 3.8) is 0 Å². The van der Waals surface area contributed by atoms with Crippen LogP contribution in [0.1, 0.15) is 31.2 Å². The summed E-state index contributed by atoms with van der Waals surface area (Å²) in [7, 11) is 1.55. The van der Waals surface area contributed by atoms with E-state index in [2.05, 4.69) is 15.6 Å². The first-order valence-electron chi connectivity index (χ1n) is 6.84. The maximum atomic E-state index is 11.5. The molecule has 1 heterocycles. The Kier molecular flexibility index (Phi) is 7.63. The molecule has 0 atom stereocenters. The van der Waals surface area contributed by atoms with Gasteiger partial charge in [-0.3, -0.25) is 4.79 Å². The molecule has 0 aromatic carbocycles.